The number of guanidine groups is 1. The molecule has 0 unspecified atom stereocenters. The van der Waals surface area contributed by atoms with E-state index in [1.807, 2.05) is 12.1 Å². The summed E-state index contributed by atoms with van der Waals surface area (Å²) in [5, 5.41) is 2.98. The molecule has 3 N–H and O–H groups in total. The van der Waals surface area contributed by atoms with Crippen molar-refractivity contribution < 1.29 is 4.39 Å². The highest BCUT2D eigenvalue weighted by atomic mass is 19.1. The van der Waals surface area contributed by atoms with Crippen LogP contribution in [-0.2, 0) is 5.41 Å². The lowest BCUT2D eigenvalue weighted by molar-refractivity contribution is 0.452. The molecule has 2 rings (SSSR count). The molecule has 0 aliphatic heterocycles. The third kappa shape index (κ3) is 3.38. The Kier molecular flexibility index (Phi) is 4.77. The highest BCUT2D eigenvalue weighted by molar-refractivity contribution is 5.78. The Bertz CT molecular complexity index is 473. The van der Waals surface area contributed by atoms with Gasteiger partial charge in [-0.05, 0) is 30.5 Å². The van der Waals surface area contributed by atoms with Gasteiger partial charge in [0.05, 0.1) is 6.54 Å². The van der Waals surface area contributed by atoms with Crippen LogP contribution < -0.4 is 11.1 Å². The summed E-state index contributed by atoms with van der Waals surface area (Å²) in [4.78, 5) is 4.46. The van der Waals surface area contributed by atoms with Crippen molar-refractivity contribution in [3.63, 3.8) is 0 Å². The summed E-state index contributed by atoms with van der Waals surface area (Å²) in [5.74, 6) is 0.246. The third-order valence-corrected chi connectivity index (χ3v) is 4.00. The third-order valence-electron chi connectivity index (χ3n) is 4.00. The summed E-state index contributed by atoms with van der Waals surface area (Å²) in [7, 11) is 0. The average Bonchev–Trinajstić information content (AvgIpc) is 2.93. The van der Waals surface area contributed by atoms with Gasteiger partial charge in [-0.1, -0.05) is 31.1 Å². The molecule has 0 bridgehead atoms. The summed E-state index contributed by atoms with van der Waals surface area (Å²) in [6.07, 6.45) is 6.28. The van der Waals surface area contributed by atoms with Crippen molar-refractivity contribution in [3.05, 3.63) is 48.3 Å². The SMILES string of the molecule is C=CCNC(N)=NCC1(c2ccc(F)cc2)CCCC1. The molecule has 3 nitrogen and oxygen atoms in total. The van der Waals surface area contributed by atoms with Crippen molar-refractivity contribution in [3.8, 4) is 0 Å². The molecule has 0 radical (unpaired) electrons. The smallest absolute Gasteiger partial charge is 0.188 e. The molecular formula is C16H22FN3. The van der Waals surface area contributed by atoms with E-state index in [4.69, 9.17) is 5.73 Å². The van der Waals surface area contributed by atoms with Crippen molar-refractivity contribution in [1.29, 1.82) is 0 Å². The summed E-state index contributed by atoms with van der Waals surface area (Å²) in [6, 6.07) is 6.81. The molecule has 1 fully saturated rings. The monoisotopic (exact) mass is 275 g/mol. The fraction of sp³-hybridized carbons (Fsp3) is 0.438. The van der Waals surface area contributed by atoms with Crippen molar-refractivity contribution in [2.45, 2.75) is 31.1 Å². The predicted octanol–water partition coefficient (Wildman–Crippen LogP) is 2.73. The summed E-state index contributed by atoms with van der Waals surface area (Å²) in [6.45, 7) is 4.89. The topological polar surface area (TPSA) is 50.4 Å². The van der Waals surface area contributed by atoms with Gasteiger partial charge in [0.25, 0.3) is 0 Å². The van der Waals surface area contributed by atoms with Crippen LogP contribution in [0.2, 0.25) is 0 Å². The van der Waals surface area contributed by atoms with Gasteiger partial charge in [0.1, 0.15) is 5.82 Å². The molecular weight excluding hydrogens is 253 g/mol. The van der Waals surface area contributed by atoms with Gasteiger partial charge < -0.3 is 11.1 Å². The molecule has 1 saturated carbocycles. The number of nitrogens with one attached hydrogen (secondary N) is 1. The molecule has 1 aromatic carbocycles. The van der Waals surface area contributed by atoms with E-state index in [-0.39, 0.29) is 11.2 Å². The molecule has 0 heterocycles. The van der Waals surface area contributed by atoms with Gasteiger partial charge in [0, 0.05) is 12.0 Å². The first-order chi connectivity index (χ1) is 9.66. The lowest BCUT2D eigenvalue weighted by Gasteiger charge is -2.28. The minimum Gasteiger partial charge on any atom is -0.370 e. The number of hydrogen-bond donors (Lipinski definition) is 2. The maximum atomic E-state index is 13.1. The summed E-state index contributed by atoms with van der Waals surface area (Å²) >= 11 is 0. The Morgan fingerprint density at radius 3 is 2.60 bits per heavy atom. The summed E-state index contributed by atoms with van der Waals surface area (Å²) < 4.78 is 13.1. The molecule has 1 aliphatic rings. The van der Waals surface area contributed by atoms with Gasteiger partial charge in [0.15, 0.2) is 5.96 Å². The second kappa shape index (κ2) is 6.55. The fourth-order valence-corrected chi connectivity index (χ4v) is 2.86. The van der Waals surface area contributed by atoms with E-state index >= 15 is 0 Å². The second-order valence-corrected chi connectivity index (χ2v) is 5.37. The minimum absolute atomic E-state index is 0.00811. The van der Waals surface area contributed by atoms with Gasteiger partial charge in [0.2, 0.25) is 0 Å². The van der Waals surface area contributed by atoms with Gasteiger partial charge in [-0.25, -0.2) is 4.39 Å². The fourth-order valence-electron chi connectivity index (χ4n) is 2.86. The van der Waals surface area contributed by atoms with E-state index in [0.717, 1.165) is 18.4 Å². The Hall–Kier alpha value is -1.84. The number of rotatable bonds is 5. The van der Waals surface area contributed by atoms with E-state index in [2.05, 4.69) is 16.9 Å². The Balaban J connectivity index is 2.13. The van der Waals surface area contributed by atoms with Gasteiger partial charge >= 0.3 is 0 Å². The quantitative estimate of drug-likeness (QED) is 0.493. The van der Waals surface area contributed by atoms with Crippen molar-refractivity contribution in [2.24, 2.45) is 10.7 Å². The lowest BCUT2D eigenvalue weighted by Crippen LogP contribution is -2.34. The van der Waals surface area contributed by atoms with Crippen LogP contribution in [0, 0.1) is 5.82 Å². The average molecular weight is 275 g/mol. The lowest BCUT2D eigenvalue weighted by atomic mass is 9.79. The zero-order valence-electron chi connectivity index (χ0n) is 11.7. The van der Waals surface area contributed by atoms with Crippen LogP contribution in [0.3, 0.4) is 0 Å². The Labute approximate surface area is 119 Å². The van der Waals surface area contributed by atoms with Crippen molar-refractivity contribution in [2.75, 3.05) is 13.1 Å². The van der Waals surface area contributed by atoms with Crippen LogP contribution >= 0.6 is 0 Å². The first-order valence-corrected chi connectivity index (χ1v) is 7.07. The maximum absolute atomic E-state index is 13.1. The Morgan fingerprint density at radius 1 is 1.35 bits per heavy atom. The number of aliphatic imine (C=N–C) groups is 1. The number of nitrogens with zero attached hydrogens (tertiary/aromatic N) is 1. The van der Waals surface area contributed by atoms with Gasteiger partial charge in [-0.2, -0.15) is 0 Å². The van der Waals surface area contributed by atoms with E-state index in [9.17, 15) is 4.39 Å². The molecule has 0 aromatic heterocycles. The predicted molar refractivity (Wildman–Crippen MR) is 81.2 cm³/mol. The van der Waals surface area contributed by atoms with Crippen molar-refractivity contribution >= 4 is 5.96 Å². The van der Waals surface area contributed by atoms with E-state index in [1.54, 1.807) is 6.08 Å². The highest BCUT2D eigenvalue weighted by Crippen LogP contribution is 2.41. The molecule has 0 atom stereocenters. The van der Waals surface area contributed by atoms with E-state index in [0.29, 0.717) is 19.0 Å². The van der Waals surface area contributed by atoms with Crippen LogP contribution in [0.1, 0.15) is 31.2 Å². The normalized spacial score (nSPS) is 17.9. The Morgan fingerprint density at radius 2 is 2.00 bits per heavy atom. The molecule has 0 spiro atoms. The highest BCUT2D eigenvalue weighted by Gasteiger charge is 2.35. The van der Waals surface area contributed by atoms with E-state index in [1.165, 1.54) is 25.0 Å². The zero-order valence-corrected chi connectivity index (χ0v) is 11.7. The van der Waals surface area contributed by atoms with Crippen LogP contribution in [0.15, 0.2) is 41.9 Å². The number of benzene rings is 1. The molecule has 0 saturated heterocycles. The van der Waals surface area contributed by atoms with Crippen molar-refractivity contribution in [1.82, 2.24) is 5.32 Å². The molecule has 108 valence electrons. The molecule has 1 aromatic rings. The number of nitrogens with two attached hydrogens (primary N) is 1. The maximum Gasteiger partial charge on any atom is 0.188 e. The first-order valence-electron chi connectivity index (χ1n) is 7.07. The molecule has 4 heteroatoms. The second-order valence-electron chi connectivity index (χ2n) is 5.37. The number of hydrogen-bond acceptors (Lipinski definition) is 1. The van der Waals surface area contributed by atoms with Crippen LogP contribution in [-0.4, -0.2) is 19.0 Å². The molecule has 0 amide bonds. The molecule has 1 aliphatic carbocycles. The number of halogens is 1. The first kappa shape index (κ1) is 14.6. The molecule has 20 heavy (non-hydrogen) atoms. The van der Waals surface area contributed by atoms with E-state index < -0.39 is 0 Å². The van der Waals surface area contributed by atoms with Crippen LogP contribution in [0.5, 0.6) is 0 Å². The zero-order chi connectivity index (χ0) is 14.4. The van der Waals surface area contributed by atoms with Crippen LogP contribution in [0.4, 0.5) is 4.39 Å². The minimum atomic E-state index is -0.197. The largest absolute Gasteiger partial charge is 0.370 e. The van der Waals surface area contributed by atoms with Gasteiger partial charge in [-0.3, -0.25) is 4.99 Å². The van der Waals surface area contributed by atoms with Gasteiger partial charge in [-0.15, -0.1) is 6.58 Å². The van der Waals surface area contributed by atoms with Crippen LogP contribution in [0.25, 0.3) is 0 Å². The summed E-state index contributed by atoms with van der Waals surface area (Å²) in [5.41, 5.74) is 7.00. The standard InChI is InChI=1S/C16H22FN3/c1-2-11-19-15(18)20-12-16(9-3-4-10-16)13-5-7-14(17)8-6-13/h2,5-8H,1,3-4,9-12H2,(H3,18,19,20).